The SMILES string of the molecule is Cc1c(-c2c(C)c(=O)c3c(Cc4ccccc4)c(=O)c(=O)cc-3c2=O)c(O)c2cc(O)c(O)c(Cc3ccccc3)c2c1O. The van der Waals surface area contributed by atoms with Gasteiger partial charge < -0.3 is 20.4 Å². The number of benzene rings is 6. The van der Waals surface area contributed by atoms with Gasteiger partial charge in [0.15, 0.2) is 22.4 Å². The summed E-state index contributed by atoms with van der Waals surface area (Å²) in [5.74, 6) is -1.91. The molecule has 0 fully saturated rings. The molecule has 0 heterocycles. The minimum absolute atomic E-state index is 0.0340. The number of aromatic hydroxyl groups is 4. The van der Waals surface area contributed by atoms with Crippen LogP contribution in [0.4, 0.5) is 0 Å². The Morgan fingerprint density at radius 2 is 1.11 bits per heavy atom. The quantitative estimate of drug-likeness (QED) is 0.131. The van der Waals surface area contributed by atoms with Crippen LogP contribution in [-0.4, -0.2) is 20.4 Å². The molecule has 0 atom stereocenters. The van der Waals surface area contributed by atoms with Crippen LogP contribution in [0, 0.1) is 13.8 Å². The second kappa shape index (κ2) is 10.5. The molecule has 44 heavy (non-hydrogen) atoms. The lowest BCUT2D eigenvalue weighted by Crippen LogP contribution is -2.34. The van der Waals surface area contributed by atoms with Gasteiger partial charge >= 0.3 is 0 Å². The molecule has 4 N–H and O–H groups in total. The summed E-state index contributed by atoms with van der Waals surface area (Å²) in [7, 11) is 0. The van der Waals surface area contributed by atoms with E-state index in [1.165, 1.54) is 13.8 Å². The van der Waals surface area contributed by atoms with Gasteiger partial charge in [-0.05, 0) is 31.0 Å². The predicted molar refractivity (Wildman–Crippen MR) is 168 cm³/mol. The van der Waals surface area contributed by atoms with Crippen LogP contribution in [0.5, 0.6) is 23.0 Å². The minimum atomic E-state index is -0.942. The van der Waals surface area contributed by atoms with Crippen LogP contribution < -0.4 is 21.7 Å². The standard InChI is InChI=1S/C36H26O8/c1-17-27(35(43)23-15-25(37)33(41)21(29(23)31(17)39)13-19-9-5-3-6-10-19)28-18(2)32(40)30-22(14-20-11-7-4-8-12-20)34(42)26(38)16-24(30)36(28)44/h3-12,15-16,37,39,41,43H,13-14H2,1-2H3. The summed E-state index contributed by atoms with van der Waals surface area (Å²) in [5.41, 5.74) is -2.58. The first-order valence-corrected chi connectivity index (χ1v) is 13.9. The van der Waals surface area contributed by atoms with E-state index in [1.54, 1.807) is 54.6 Å². The Kier molecular flexibility index (Phi) is 6.77. The largest absolute Gasteiger partial charge is 0.507 e. The van der Waals surface area contributed by atoms with Crippen molar-refractivity contribution < 1.29 is 20.4 Å². The van der Waals surface area contributed by atoms with Gasteiger partial charge in [-0.15, -0.1) is 0 Å². The fourth-order valence-electron chi connectivity index (χ4n) is 6.07. The number of phenolic OH excluding ortho intramolecular Hbond substituents is 4. The molecule has 0 amide bonds. The summed E-state index contributed by atoms with van der Waals surface area (Å²) in [6.45, 7) is 2.84. The summed E-state index contributed by atoms with van der Waals surface area (Å²) in [5, 5.41) is 44.5. The molecule has 0 unspecified atom stereocenters. The fourth-order valence-corrected chi connectivity index (χ4v) is 6.07. The van der Waals surface area contributed by atoms with E-state index in [0.717, 1.165) is 17.7 Å². The molecular formula is C36H26O8. The van der Waals surface area contributed by atoms with Crippen molar-refractivity contribution in [3.8, 4) is 45.3 Å². The Hall–Kier alpha value is -5.76. The van der Waals surface area contributed by atoms with Crippen LogP contribution in [0.25, 0.3) is 33.0 Å². The summed E-state index contributed by atoms with van der Waals surface area (Å²) in [6, 6.07) is 19.7. The highest BCUT2D eigenvalue weighted by molar-refractivity contribution is 6.05. The smallest absolute Gasteiger partial charge is 0.229 e. The second-order valence-corrected chi connectivity index (χ2v) is 10.9. The first-order chi connectivity index (χ1) is 21.0. The summed E-state index contributed by atoms with van der Waals surface area (Å²) in [4.78, 5) is 53.7. The van der Waals surface area contributed by atoms with Gasteiger partial charge in [0, 0.05) is 74.2 Å². The zero-order valence-corrected chi connectivity index (χ0v) is 23.8. The number of phenols is 4. The zero-order valence-electron chi connectivity index (χ0n) is 23.8. The number of hydrogen-bond acceptors (Lipinski definition) is 8. The van der Waals surface area contributed by atoms with Crippen LogP contribution in [0.2, 0.25) is 0 Å². The van der Waals surface area contributed by atoms with Gasteiger partial charge in [0.25, 0.3) is 0 Å². The number of rotatable bonds is 5. The molecule has 2 aliphatic carbocycles. The molecule has 8 nitrogen and oxygen atoms in total. The summed E-state index contributed by atoms with van der Waals surface area (Å²) >= 11 is 0. The molecule has 0 bridgehead atoms. The van der Waals surface area contributed by atoms with E-state index in [-0.39, 0.29) is 73.9 Å². The zero-order chi connectivity index (χ0) is 31.4. The Labute approximate surface area is 250 Å². The van der Waals surface area contributed by atoms with Gasteiger partial charge in [0.1, 0.15) is 11.5 Å². The van der Waals surface area contributed by atoms with Crippen LogP contribution >= 0.6 is 0 Å². The van der Waals surface area contributed by atoms with E-state index in [9.17, 15) is 39.6 Å². The molecule has 2 aliphatic rings. The van der Waals surface area contributed by atoms with Crippen LogP contribution in [0.1, 0.15) is 33.4 Å². The maximum atomic E-state index is 14.1. The normalized spacial score (nSPS) is 11.4. The van der Waals surface area contributed by atoms with Gasteiger partial charge in [-0.2, -0.15) is 0 Å². The van der Waals surface area contributed by atoms with E-state index < -0.39 is 39.0 Å². The molecule has 0 spiro atoms. The maximum Gasteiger partial charge on any atom is 0.229 e. The molecule has 0 aromatic heterocycles. The third-order valence-corrected chi connectivity index (χ3v) is 8.30. The number of fused-ring (bicyclic) bond motifs is 2. The lowest BCUT2D eigenvalue weighted by molar-refractivity contribution is 0.400. The van der Waals surface area contributed by atoms with E-state index in [1.807, 2.05) is 6.07 Å². The molecule has 8 heteroatoms. The maximum absolute atomic E-state index is 14.1. The van der Waals surface area contributed by atoms with Crippen molar-refractivity contribution in [2.75, 3.05) is 0 Å². The summed E-state index contributed by atoms with van der Waals surface area (Å²) in [6.07, 6.45) is 0.0671. The summed E-state index contributed by atoms with van der Waals surface area (Å²) < 4.78 is 0. The molecule has 0 saturated heterocycles. The third kappa shape index (κ3) is 4.31. The predicted octanol–water partition coefficient (Wildman–Crippen LogP) is 4.55. The average Bonchev–Trinajstić information content (AvgIpc) is 3.02. The topological polar surface area (TPSA) is 149 Å². The van der Waals surface area contributed by atoms with Crippen molar-refractivity contribution in [2.24, 2.45) is 0 Å². The molecule has 0 aliphatic heterocycles. The van der Waals surface area contributed by atoms with Gasteiger partial charge in [0.2, 0.25) is 10.9 Å². The fraction of sp³-hybridized carbons (Fsp3) is 0.111. The van der Waals surface area contributed by atoms with E-state index in [2.05, 4.69) is 0 Å². The average molecular weight is 587 g/mol. The number of hydrogen-bond donors (Lipinski definition) is 4. The first-order valence-electron chi connectivity index (χ1n) is 13.9. The van der Waals surface area contributed by atoms with Gasteiger partial charge in [-0.1, -0.05) is 60.7 Å². The Morgan fingerprint density at radius 1 is 0.545 bits per heavy atom. The Bertz CT molecular complexity index is 2300. The van der Waals surface area contributed by atoms with Gasteiger partial charge in [-0.25, -0.2) is 0 Å². The van der Waals surface area contributed by atoms with E-state index in [0.29, 0.717) is 5.56 Å². The highest BCUT2D eigenvalue weighted by atomic mass is 16.3. The van der Waals surface area contributed by atoms with Gasteiger partial charge in [-0.3, -0.25) is 19.2 Å². The van der Waals surface area contributed by atoms with Crippen molar-refractivity contribution in [1.29, 1.82) is 0 Å². The molecular weight excluding hydrogens is 560 g/mol. The van der Waals surface area contributed by atoms with Crippen molar-refractivity contribution in [1.82, 2.24) is 0 Å². The lowest BCUT2D eigenvalue weighted by Gasteiger charge is -2.20. The van der Waals surface area contributed by atoms with Crippen molar-refractivity contribution in [3.05, 3.63) is 147 Å². The minimum Gasteiger partial charge on any atom is -0.507 e. The van der Waals surface area contributed by atoms with Crippen molar-refractivity contribution in [2.45, 2.75) is 26.7 Å². The van der Waals surface area contributed by atoms with Crippen LogP contribution in [0.15, 0.2) is 92.0 Å². The highest BCUT2D eigenvalue weighted by Crippen LogP contribution is 2.50. The molecule has 4 aromatic carbocycles. The monoisotopic (exact) mass is 586 g/mol. The van der Waals surface area contributed by atoms with E-state index >= 15 is 0 Å². The molecule has 218 valence electrons. The molecule has 0 saturated carbocycles. The Balaban J connectivity index is 1.67. The van der Waals surface area contributed by atoms with Gasteiger partial charge in [0.05, 0.1) is 0 Å². The second-order valence-electron chi connectivity index (χ2n) is 10.9. The molecule has 4 aromatic rings. The first kappa shape index (κ1) is 28.4. The Morgan fingerprint density at radius 3 is 1.70 bits per heavy atom. The lowest BCUT2D eigenvalue weighted by atomic mass is 9.83. The highest BCUT2D eigenvalue weighted by Gasteiger charge is 2.30. The van der Waals surface area contributed by atoms with Crippen molar-refractivity contribution in [3.63, 3.8) is 0 Å². The molecule has 6 rings (SSSR count). The third-order valence-electron chi connectivity index (χ3n) is 8.30. The van der Waals surface area contributed by atoms with Crippen LogP contribution in [0.3, 0.4) is 0 Å². The van der Waals surface area contributed by atoms with E-state index in [4.69, 9.17) is 0 Å². The van der Waals surface area contributed by atoms with Crippen LogP contribution in [-0.2, 0) is 12.8 Å². The van der Waals surface area contributed by atoms with Crippen molar-refractivity contribution >= 4 is 10.8 Å². The molecule has 0 radical (unpaired) electrons.